The van der Waals surface area contributed by atoms with Gasteiger partial charge in [0.15, 0.2) is 0 Å². The Kier molecular flexibility index (Phi) is 6.18. The van der Waals surface area contributed by atoms with E-state index >= 15 is 0 Å². The van der Waals surface area contributed by atoms with E-state index in [1.807, 2.05) is 42.5 Å². The molecule has 0 bridgehead atoms. The maximum atomic E-state index is 13.5. The van der Waals surface area contributed by atoms with Gasteiger partial charge in [0.25, 0.3) is 5.91 Å². The number of rotatable bonds is 7. The zero-order valence-electron chi connectivity index (χ0n) is 17.0. The summed E-state index contributed by atoms with van der Waals surface area (Å²) in [5, 5.41) is 0.579. The zero-order valence-corrected chi connectivity index (χ0v) is 17.8. The molecule has 2 aliphatic rings. The SMILES string of the molecule is CCOC(=O)CCN1C(=O)[C@H](CC2CC2)N=C(c2ccccc2)c2cc(Cl)ccc21. The lowest BCUT2D eigenvalue weighted by Gasteiger charge is -2.25. The number of nitrogens with zero attached hydrogens (tertiary/aromatic N) is 2. The van der Waals surface area contributed by atoms with Gasteiger partial charge in [-0.3, -0.25) is 14.6 Å². The third kappa shape index (κ3) is 4.57. The van der Waals surface area contributed by atoms with Crippen molar-refractivity contribution < 1.29 is 14.3 Å². The van der Waals surface area contributed by atoms with Crippen molar-refractivity contribution in [3.8, 4) is 0 Å². The van der Waals surface area contributed by atoms with Crippen LogP contribution >= 0.6 is 11.6 Å². The van der Waals surface area contributed by atoms with Crippen molar-refractivity contribution in [2.45, 2.75) is 38.6 Å². The van der Waals surface area contributed by atoms with Crippen LogP contribution in [0.25, 0.3) is 0 Å². The Balaban J connectivity index is 1.78. The number of carbonyl (C=O) groups excluding carboxylic acids is 2. The third-order valence-electron chi connectivity index (χ3n) is 5.49. The normalized spacial score (nSPS) is 18.5. The summed E-state index contributed by atoms with van der Waals surface area (Å²) in [7, 11) is 0. The quantitative estimate of drug-likeness (QED) is 0.608. The molecule has 5 nitrogen and oxygen atoms in total. The summed E-state index contributed by atoms with van der Waals surface area (Å²) in [4.78, 5) is 32.2. The van der Waals surface area contributed by atoms with Crippen LogP contribution in [0.2, 0.25) is 5.02 Å². The standard InChI is InChI=1S/C24H25ClN2O3/c1-2-30-22(28)12-13-27-21-11-10-18(25)15-19(21)23(17-6-4-3-5-7-17)26-20(24(27)29)14-16-8-9-16/h3-7,10-11,15-16,20H,2,8-9,12-14H2,1H3/t20-/m0/s1. The second-order valence-electron chi connectivity index (χ2n) is 7.74. The number of aliphatic imine (C=N–C) groups is 1. The van der Waals surface area contributed by atoms with Crippen LogP contribution in [0, 0.1) is 5.92 Å². The lowest BCUT2D eigenvalue weighted by Crippen LogP contribution is -2.39. The molecule has 30 heavy (non-hydrogen) atoms. The highest BCUT2D eigenvalue weighted by Gasteiger charge is 2.36. The largest absolute Gasteiger partial charge is 0.466 e. The fourth-order valence-electron chi connectivity index (χ4n) is 3.83. The minimum atomic E-state index is -0.471. The van der Waals surface area contributed by atoms with E-state index in [4.69, 9.17) is 21.3 Å². The second kappa shape index (κ2) is 9.00. The fraction of sp³-hybridized carbons (Fsp3) is 0.375. The molecule has 0 radical (unpaired) electrons. The van der Waals surface area contributed by atoms with Crippen LogP contribution < -0.4 is 4.90 Å². The van der Waals surface area contributed by atoms with Crippen LogP contribution in [0.4, 0.5) is 5.69 Å². The first-order chi connectivity index (χ1) is 14.6. The number of benzodiazepines with no additional fused rings is 1. The Bertz CT molecular complexity index is 970. The molecule has 1 amide bonds. The van der Waals surface area contributed by atoms with Gasteiger partial charge >= 0.3 is 5.97 Å². The molecule has 0 saturated heterocycles. The summed E-state index contributed by atoms with van der Waals surface area (Å²) < 4.78 is 5.07. The van der Waals surface area contributed by atoms with Crippen molar-refractivity contribution in [2.24, 2.45) is 10.9 Å². The highest BCUT2D eigenvalue weighted by molar-refractivity contribution is 6.32. The Morgan fingerprint density at radius 3 is 2.67 bits per heavy atom. The molecule has 156 valence electrons. The Morgan fingerprint density at radius 1 is 1.20 bits per heavy atom. The fourth-order valence-corrected chi connectivity index (χ4v) is 4.00. The average molecular weight is 425 g/mol. The van der Waals surface area contributed by atoms with Gasteiger partial charge in [0.05, 0.1) is 24.4 Å². The van der Waals surface area contributed by atoms with E-state index in [1.54, 1.807) is 17.9 Å². The average Bonchev–Trinajstić information content (AvgIpc) is 3.57. The molecular weight excluding hydrogens is 400 g/mol. The number of hydrogen-bond donors (Lipinski definition) is 0. The highest BCUT2D eigenvalue weighted by Crippen LogP contribution is 2.37. The molecule has 1 aliphatic heterocycles. The molecule has 1 atom stereocenters. The third-order valence-corrected chi connectivity index (χ3v) is 5.72. The summed E-state index contributed by atoms with van der Waals surface area (Å²) in [5.41, 5.74) is 3.26. The van der Waals surface area contributed by atoms with Crippen molar-refractivity contribution in [1.82, 2.24) is 0 Å². The van der Waals surface area contributed by atoms with Gasteiger partial charge in [-0.25, -0.2) is 0 Å². The minimum absolute atomic E-state index is 0.0688. The Hall–Kier alpha value is -2.66. The lowest BCUT2D eigenvalue weighted by atomic mass is 10.00. The molecule has 0 N–H and O–H groups in total. The predicted molar refractivity (Wildman–Crippen MR) is 118 cm³/mol. The molecular formula is C24H25ClN2O3. The summed E-state index contributed by atoms with van der Waals surface area (Å²) in [6.45, 7) is 2.35. The van der Waals surface area contributed by atoms with Crippen LogP contribution in [0.15, 0.2) is 53.5 Å². The first-order valence-corrected chi connectivity index (χ1v) is 10.8. The monoisotopic (exact) mass is 424 g/mol. The predicted octanol–water partition coefficient (Wildman–Crippen LogP) is 4.65. The number of halogens is 1. The van der Waals surface area contributed by atoms with E-state index in [1.165, 1.54) is 0 Å². The number of carbonyl (C=O) groups is 2. The summed E-state index contributed by atoms with van der Waals surface area (Å²) in [5.74, 6) is 0.158. The minimum Gasteiger partial charge on any atom is -0.466 e. The topological polar surface area (TPSA) is 59.0 Å². The molecule has 1 fully saturated rings. The van der Waals surface area contributed by atoms with Crippen LogP contribution in [0.3, 0.4) is 0 Å². The smallest absolute Gasteiger partial charge is 0.307 e. The molecule has 0 unspecified atom stereocenters. The van der Waals surface area contributed by atoms with Crippen LogP contribution in [-0.4, -0.2) is 36.8 Å². The van der Waals surface area contributed by atoms with E-state index in [0.29, 0.717) is 17.5 Å². The molecule has 1 aliphatic carbocycles. The molecule has 1 heterocycles. The van der Waals surface area contributed by atoms with Crippen molar-refractivity contribution in [3.05, 3.63) is 64.7 Å². The van der Waals surface area contributed by atoms with Gasteiger partial charge in [0.1, 0.15) is 6.04 Å². The van der Waals surface area contributed by atoms with Crippen molar-refractivity contribution >= 4 is 34.9 Å². The first-order valence-electron chi connectivity index (χ1n) is 10.5. The van der Waals surface area contributed by atoms with Crippen molar-refractivity contribution in [1.29, 1.82) is 0 Å². The first kappa shape index (κ1) is 20.6. The van der Waals surface area contributed by atoms with E-state index in [2.05, 4.69) is 0 Å². The number of fused-ring (bicyclic) bond motifs is 1. The second-order valence-corrected chi connectivity index (χ2v) is 8.18. The maximum Gasteiger partial charge on any atom is 0.307 e. The van der Waals surface area contributed by atoms with Crippen LogP contribution in [0.5, 0.6) is 0 Å². The van der Waals surface area contributed by atoms with E-state index < -0.39 is 6.04 Å². The van der Waals surface area contributed by atoms with E-state index in [9.17, 15) is 9.59 Å². The number of amides is 1. The molecule has 4 rings (SSSR count). The molecule has 0 spiro atoms. The molecule has 6 heteroatoms. The van der Waals surface area contributed by atoms with Crippen LogP contribution in [0.1, 0.15) is 43.7 Å². The van der Waals surface area contributed by atoms with Gasteiger partial charge in [-0.2, -0.15) is 0 Å². The van der Waals surface area contributed by atoms with E-state index in [0.717, 1.165) is 41.8 Å². The number of hydrogen-bond acceptors (Lipinski definition) is 4. The zero-order chi connectivity index (χ0) is 21.1. The van der Waals surface area contributed by atoms with Gasteiger partial charge in [-0.15, -0.1) is 0 Å². The number of benzene rings is 2. The highest BCUT2D eigenvalue weighted by atomic mass is 35.5. The lowest BCUT2D eigenvalue weighted by molar-refractivity contribution is -0.142. The summed E-state index contributed by atoms with van der Waals surface area (Å²) in [6, 6.07) is 14.9. The molecule has 0 aromatic heterocycles. The van der Waals surface area contributed by atoms with Gasteiger partial charge in [-0.05, 0) is 37.5 Å². The number of anilines is 1. The maximum absolute atomic E-state index is 13.5. The Labute approximate surface area is 181 Å². The van der Waals surface area contributed by atoms with Gasteiger partial charge in [-0.1, -0.05) is 54.8 Å². The summed E-state index contributed by atoms with van der Waals surface area (Å²) in [6.07, 6.45) is 3.15. The summed E-state index contributed by atoms with van der Waals surface area (Å²) >= 11 is 6.33. The molecule has 1 saturated carbocycles. The van der Waals surface area contributed by atoms with Gasteiger partial charge < -0.3 is 9.64 Å². The van der Waals surface area contributed by atoms with Gasteiger partial charge in [0.2, 0.25) is 0 Å². The molecule has 2 aromatic carbocycles. The van der Waals surface area contributed by atoms with Gasteiger partial charge in [0, 0.05) is 22.7 Å². The van der Waals surface area contributed by atoms with E-state index in [-0.39, 0.29) is 24.8 Å². The van der Waals surface area contributed by atoms with Crippen LogP contribution in [-0.2, 0) is 14.3 Å². The van der Waals surface area contributed by atoms with Crippen molar-refractivity contribution in [2.75, 3.05) is 18.1 Å². The number of ether oxygens (including phenoxy) is 1. The molecule has 2 aromatic rings. The van der Waals surface area contributed by atoms with Crippen molar-refractivity contribution in [3.63, 3.8) is 0 Å². The number of esters is 1. The Morgan fingerprint density at radius 2 is 1.97 bits per heavy atom.